The average Bonchev–Trinajstić information content (AvgIpc) is 3.21. The van der Waals surface area contributed by atoms with Gasteiger partial charge in [-0.05, 0) is 29.8 Å². The summed E-state index contributed by atoms with van der Waals surface area (Å²) in [5, 5.41) is 5.62. The molecular weight excluding hydrogens is 382 g/mol. The van der Waals surface area contributed by atoms with E-state index in [9.17, 15) is 13.2 Å². The first-order chi connectivity index (χ1) is 13.0. The van der Waals surface area contributed by atoms with Gasteiger partial charge in [0.15, 0.2) is 0 Å². The molecule has 3 rings (SSSR count). The lowest BCUT2D eigenvalue weighted by molar-refractivity contribution is 0.0943. The molecule has 0 saturated heterocycles. The topological polar surface area (TPSA) is 88.2 Å². The van der Waals surface area contributed by atoms with Crippen LogP contribution >= 0.6 is 11.3 Å². The highest BCUT2D eigenvalue weighted by atomic mass is 32.2. The van der Waals surface area contributed by atoms with E-state index in [0.717, 1.165) is 10.6 Å². The van der Waals surface area contributed by atoms with Crippen molar-refractivity contribution < 1.29 is 13.2 Å². The van der Waals surface area contributed by atoms with Crippen molar-refractivity contribution in [2.24, 2.45) is 0 Å². The number of carbonyl (C=O) groups excluding carboxylic acids is 1. The lowest BCUT2D eigenvalue weighted by Gasteiger charge is -2.17. The van der Waals surface area contributed by atoms with Gasteiger partial charge >= 0.3 is 0 Å². The molecule has 3 aromatic rings. The minimum absolute atomic E-state index is 0.125. The summed E-state index contributed by atoms with van der Waals surface area (Å²) in [6, 6.07) is 15.1. The monoisotopic (exact) mass is 401 g/mol. The van der Waals surface area contributed by atoms with Crippen LogP contribution in [0, 0.1) is 0 Å². The van der Waals surface area contributed by atoms with Crippen LogP contribution in [0.3, 0.4) is 0 Å². The molecule has 0 saturated carbocycles. The number of thiazole rings is 1. The number of hydrogen-bond donors (Lipinski definition) is 2. The molecule has 1 heterocycles. The standard InChI is InChI=1S/C19H19N3O3S2/c1-2-21-27(24,25)16-10-8-15(9-11-16)18(23)22-17(19-20-12-13-26-19)14-6-4-3-5-7-14/h3-13,17,21H,2H2,1H3,(H,22,23). The van der Waals surface area contributed by atoms with Crippen LogP contribution in [-0.4, -0.2) is 25.9 Å². The number of aromatic nitrogens is 1. The van der Waals surface area contributed by atoms with Gasteiger partial charge in [-0.25, -0.2) is 18.1 Å². The molecule has 1 unspecified atom stereocenters. The van der Waals surface area contributed by atoms with Crippen LogP contribution in [0.5, 0.6) is 0 Å². The molecule has 0 bridgehead atoms. The Labute approximate surface area is 162 Å². The van der Waals surface area contributed by atoms with Crippen molar-refractivity contribution in [3.63, 3.8) is 0 Å². The van der Waals surface area contributed by atoms with Crippen molar-refractivity contribution in [3.05, 3.63) is 82.3 Å². The van der Waals surface area contributed by atoms with Crippen LogP contribution in [0.25, 0.3) is 0 Å². The number of amides is 1. The molecule has 8 heteroatoms. The zero-order chi connectivity index (χ0) is 19.3. The number of hydrogen-bond acceptors (Lipinski definition) is 5. The van der Waals surface area contributed by atoms with Crippen LogP contribution in [0.2, 0.25) is 0 Å². The van der Waals surface area contributed by atoms with Crippen molar-refractivity contribution in [2.75, 3.05) is 6.54 Å². The summed E-state index contributed by atoms with van der Waals surface area (Å²) < 4.78 is 26.4. The van der Waals surface area contributed by atoms with Gasteiger partial charge in [0, 0.05) is 23.7 Å². The molecule has 6 nitrogen and oxygen atoms in total. The molecule has 2 N–H and O–H groups in total. The van der Waals surface area contributed by atoms with Crippen LogP contribution in [-0.2, 0) is 10.0 Å². The molecule has 27 heavy (non-hydrogen) atoms. The molecule has 0 spiro atoms. The van der Waals surface area contributed by atoms with Crippen LogP contribution in [0.15, 0.2) is 71.1 Å². The second-order valence-electron chi connectivity index (χ2n) is 5.71. The summed E-state index contributed by atoms with van der Waals surface area (Å²) >= 11 is 1.46. The summed E-state index contributed by atoms with van der Waals surface area (Å²) in [7, 11) is -3.54. The average molecular weight is 402 g/mol. The van der Waals surface area contributed by atoms with E-state index in [0.29, 0.717) is 12.1 Å². The van der Waals surface area contributed by atoms with Crippen molar-refractivity contribution in [2.45, 2.75) is 17.9 Å². The van der Waals surface area contributed by atoms with Crippen molar-refractivity contribution in [1.82, 2.24) is 15.0 Å². The number of sulfonamides is 1. The first kappa shape index (κ1) is 19.2. The molecule has 0 radical (unpaired) electrons. The predicted molar refractivity (Wildman–Crippen MR) is 105 cm³/mol. The van der Waals surface area contributed by atoms with E-state index in [1.165, 1.54) is 35.6 Å². The van der Waals surface area contributed by atoms with Gasteiger partial charge in [0.25, 0.3) is 5.91 Å². The summed E-state index contributed by atoms with van der Waals surface area (Å²) in [6.45, 7) is 2.01. The molecule has 0 aliphatic rings. The Morgan fingerprint density at radius 3 is 2.41 bits per heavy atom. The number of benzene rings is 2. The zero-order valence-corrected chi connectivity index (χ0v) is 16.3. The Morgan fingerprint density at radius 2 is 1.81 bits per heavy atom. The van der Waals surface area contributed by atoms with E-state index in [1.54, 1.807) is 13.1 Å². The van der Waals surface area contributed by atoms with Crippen molar-refractivity contribution >= 4 is 27.3 Å². The summed E-state index contributed by atoms with van der Waals surface area (Å²) in [4.78, 5) is 17.2. The highest BCUT2D eigenvalue weighted by Gasteiger charge is 2.20. The number of nitrogens with one attached hydrogen (secondary N) is 2. The third-order valence-corrected chi connectivity index (χ3v) is 6.27. The quantitative estimate of drug-likeness (QED) is 0.637. The third-order valence-electron chi connectivity index (χ3n) is 3.87. The van der Waals surface area contributed by atoms with Gasteiger partial charge in [-0.15, -0.1) is 11.3 Å². The molecule has 140 valence electrons. The highest BCUT2D eigenvalue weighted by Crippen LogP contribution is 2.24. The van der Waals surface area contributed by atoms with Gasteiger partial charge in [0.1, 0.15) is 11.0 Å². The number of carbonyl (C=O) groups is 1. The lowest BCUT2D eigenvalue weighted by Crippen LogP contribution is -2.29. The predicted octanol–water partition coefficient (Wildman–Crippen LogP) is 2.96. The molecular formula is C19H19N3O3S2. The maximum atomic E-state index is 12.7. The van der Waals surface area contributed by atoms with E-state index >= 15 is 0 Å². The first-order valence-corrected chi connectivity index (χ1v) is 10.7. The summed E-state index contributed by atoms with van der Waals surface area (Å²) in [5.41, 5.74) is 1.30. The Kier molecular flexibility index (Phi) is 6.00. The fraction of sp³-hybridized carbons (Fsp3) is 0.158. The third kappa shape index (κ3) is 4.60. The van der Waals surface area contributed by atoms with Crippen molar-refractivity contribution in [1.29, 1.82) is 0 Å². The fourth-order valence-corrected chi connectivity index (χ4v) is 4.34. The van der Waals surface area contributed by atoms with Gasteiger partial charge < -0.3 is 5.32 Å². The molecule has 0 aliphatic carbocycles. The van der Waals surface area contributed by atoms with Gasteiger partial charge in [-0.2, -0.15) is 0 Å². The minimum Gasteiger partial charge on any atom is -0.339 e. The molecule has 0 aliphatic heterocycles. The Bertz CT molecular complexity index is 986. The summed E-state index contributed by atoms with van der Waals surface area (Å²) in [6.07, 6.45) is 1.70. The van der Waals surface area contributed by atoms with E-state index in [-0.39, 0.29) is 16.8 Å². The van der Waals surface area contributed by atoms with E-state index in [2.05, 4.69) is 15.0 Å². The second-order valence-corrected chi connectivity index (χ2v) is 8.41. The molecule has 1 atom stereocenters. The molecule has 1 aromatic heterocycles. The van der Waals surface area contributed by atoms with Crippen LogP contribution in [0.4, 0.5) is 0 Å². The SMILES string of the molecule is CCNS(=O)(=O)c1ccc(C(=O)NC(c2ccccc2)c2nccs2)cc1. The first-order valence-electron chi connectivity index (χ1n) is 8.36. The Hall–Kier alpha value is -2.55. The maximum Gasteiger partial charge on any atom is 0.252 e. The van der Waals surface area contributed by atoms with Gasteiger partial charge in [0.05, 0.1) is 4.90 Å². The van der Waals surface area contributed by atoms with Gasteiger partial charge in [0.2, 0.25) is 10.0 Å². The van der Waals surface area contributed by atoms with E-state index in [4.69, 9.17) is 0 Å². The Balaban J connectivity index is 1.82. The Morgan fingerprint density at radius 1 is 1.11 bits per heavy atom. The largest absolute Gasteiger partial charge is 0.339 e. The van der Waals surface area contributed by atoms with Crippen molar-refractivity contribution in [3.8, 4) is 0 Å². The van der Waals surface area contributed by atoms with Gasteiger partial charge in [-0.3, -0.25) is 4.79 Å². The maximum absolute atomic E-state index is 12.7. The molecule has 0 fully saturated rings. The van der Waals surface area contributed by atoms with Crippen LogP contribution < -0.4 is 10.0 Å². The van der Waals surface area contributed by atoms with Gasteiger partial charge in [-0.1, -0.05) is 37.3 Å². The smallest absolute Gasteiger partial charge is 0.252 e. The number of nitrogens with zero attached hydrogens (tertiary/aromatic N) is 1. The second kappa shape index (κ2) is 8.43. The number of rotatable bonds is 7. The normalized spacial score (nSPS) is 12.5. The minimum atomic E-state index is -3.54. The van der Waals surface area contributed by atoms with E-state index < -0.39 is 10.0 Å². The zero-order valence-electron chi connectivity index (χ0n) is 14.6. The van der Waals surface area contributed by atoms with E-state index in [1.807, 2.05) is 35.7 Å². The fourth-order valence-electron chi connectivity index (χ4n) is 2.58. The molecule has 1 amide bonds. The highest BCUT2D eigenvalue weighted by molar-refractivity contribution is 7.89. The van der Waals surface area contributed by atoms with Crippen LogP contribution in [0.1, 0.15) is 33.9 Å². The lowest BCUT2D eigenvalue weighted by atomic mass is 10.1. The summed E-state index contributed by atoms with van der Waals surface area (Å²) in [5.74, 6) is -0.300. The molecule has 2 aromatic carbocycles.